The topological polar surface area (TPSA) is 44.4 Å². The molecule has 1 fully saturated rings. The van der Waals surface area contributed by atoms with Crippen molar-refractivity contribution < 1.29 is 4.79 Å². The van der Waals surface area contributed by atoms with Gasteiger partial charge in [-0.05, 0) is 46.3 Å². The lowest BCUT2D eigenvalue weighted by Gasteiger charge is -2.29. The zero-order valence-electron chi connectivity index (χ0n) is 12.5. The monoisotopic (exact) mass is 255 g/mol. The number of amides is 1. The molecule has 2 N–H and O–H groups in total. The summed E-state index contributed by atoms with van der Waals surface area (Å²) in [5.41, 5.74) is -0.221. The van der Waals surface area contributed by atoms with Gasteiger partial charge in [-0.15, -0.1) is 0 Å². The second-order valence-corrected chi connectivity index (χ2v) is 6.55. The molecule has 4 nitrogen and oxygen atoms in total. The van der Waals surface area contributed by atoms with Crippen LogP contribution in [0.3, 0.4) is 0 Å². The number of carbonyl (C=O) groups excluding carboxylic acids is 1. The summed E-state index contributed by atoms with van der Waals surface area (Å²) < 4.78 is 0. The lowest BCUT2D eigenvalue weighted by atomic mass is 9.88. The first-order valence-corrected chi connectivity index (χ1v) is 7.00. The number of hydrogen-bond acceptors (Lipinski definition) is 3. The molecular weight excluding hydrogens is 226 g/mol. The summed E-state index contributed by atoms with van der Waals surface area (Å²) in [5.74, 6) is 0.810. The van der Waals surface area contributed by atoms with Crippen LogP contribution in [-0.2, 0) is 4.79 Å². The number of nitrogens with zero attached hydrogens (tertiary/aromatic N) is 1. The molecule has 1 saturated heterocycles. The molecule has 106 valence electrons. The Hall–Kier alpha value is -0.610. The number of hydrogen-bond donors (Lipinski definition) is 2. The van der Waals surface area contributed by atoms with Crippen LogP contribution in [0.25, 0.3) is 0 Å². The van der Waals surface area contributed by atoms with E-state index in [2.05, 4.69) is 50.4 Å². The summed E-state index contributed by atoms with van der Waals surface area (Å²) in [6.07, 6.45) is 1.97. The zero-order valence-corrected chi connectivity index (χ0v) is 12.5. The largest absolute Gasteiger partial charge is 0.352 e. The molecule has 1 aliphatic heterocycles. The fourth-order valence-electron chi connectivity index (χ4n) is 2.56. The molecule has 1 aliphatic rings. The molecule has 0 bridgehead atoms. The van der Waals surface area contributed by atoms with Crippen LogP contribution in [0.1, 0.15) is 33.6 Å². The van der Waals surface area contributed by atoms with Crippen molar-refractivity contribution in [1.29, 1.82) is 0 Å². The molecule has 2 atom stereocenters. The predicted molar refractivity (Wildman–Crippen MR) is 75.5 cm³/mol. The van der Waals surface area contributed by atoms with Crippen molar-refractivity contribution >= 4 is 5.91 Å². The van der Waals surface area contributed by atoms with Gasteiger partial charge in [0.1, 0.15) is 0 Å². The molecule has 0 aromatic carbocycles. The van der Waals surface area contributed by atoms with Gasteiger partial charge in [-0.1, -0.05) is 13.8 Å². The SMILES string of the molecule is CC(C)CC(CN(C)C)NC(=O)C1(C)CCNC1. The molecule has 1 rings (SSSR count). The first-order chi connectivity index (χ1) is 8.33. The van der Waals surface area contributed by atoms with E-state index in [1.165, 1.54) is 0 Å². The molecule has 4 heteroatoms. The van der Waals surface area contributed by atoms with Crippen molar-refractivity contribution in [3.63, 3.8) is 0 Å². The zero-order chi connectivity index (χ0) is 13.8. The fourth-order valence-corrected chi connectivity index (χ4v) is 2.56. The summed E-state index contributed by atoms with van der Waals surface area (Å²) in [6, 6.07) is 0.255. The Balaban J connectivity index is 2.56. The van der Waals surface area contributed by atoms with Gasteiger partial charge in [0.25, 0.3) is 0 Å². The van der Waals surface area contributed by atoms with Gasteiger partial charge in [0, 0.05) is 19.1 Å². The molecule has 0 radical (unpaired) electrons. The lowest BCUT2D eigenvalue weighted by molar-refractivity contribution is -0.130. The minimum Gasteiger partial charge on any atom is -0.352 e. The Labute approximate surface area is 111 Å². The fraction of sp³-hybridized carbons (Fsp3) is 0.929. The van der Waals surface area contributed by atoms with Crippen molar-refractivity contribution in [3.05, 3.63) is 0 Å². The van der Waals surface area contributed by atoms with Crippen molar-refractivity contribution in [2.45, 2.75) is 39.7 Å². The summed E-state index contributed by atoms with van der Waals surface area (Å²) in [6.45, 7) is 9.13. The van der Waals surface area contributed by atoms with E-state index in [1.54, 1.807) is 0 Å². The maximum atomic E-state index is 12.4. The molecule has 0 aromatic rings. The van der Waals surface area contributed by atoms with Gasteiger partial charge >= 0.3 is 0 Å². The van der Waals surface area contributed by atoms with Crippen LogP contribution in [0.4, 0.5) is 0 Å². The highest BCUT2D eigenvalue weighted by molar-refractivity contribution is 5.83. The van der Waals surface area contributed by atoms with Crippen molar-refractivity contribution in [2.75, 3.05) is 33.7 Å². The van der Waals surface area contributed by atoms with E-state index in [-0.39, 0.29) is 17.4 Å². The van der Waals surface area contributed by atoms with E-state index in [0.29, 0.717) is 5.92 Å². The molecule has 0 spiro atoms. The summed E-state index contributed by atoms with van der Waals surface area (Å²) in [4.78, 5) is 14.5. The number of rotatable bonds is 6. The van der Waals surface area contributed by atoms with E-state index in [9.17, 15) is 4.79 Å². The molecule has 0 saturated carbocycles. The number of carbonyl (C=O) groups is 1. The molecule has 1 heterocycles. The Morgan fingerprint density at radius 3 is 2.56 bits per heavy atom. The van der Waals surface area contributed by atoms with Gasteiger partial charge in [0.15, 0.2) is 0 Å². The maximum absolute atomic E-state index is 12.4. The van der Waals surface area contributed by atoms with Gasteiger partial charge in [-0.2, -0.15) is 0 Å². The minimum atomic E-state index is -0.221. The lowest BCUT2D eigenvalue weighted by Crippen LogP contribution is -2.49. The predicted octanol–water partition coefficient (Wildman–Crippen LogP) is 1.08. The highest BCUT2D eigenvalue weighted by atomic mass is 16.2. The van der Waals surface area contributed by atoms with Crippen LogP contribution < -0.4 is 10.6 Å². The average Bonchev–Trinajstić information content (AvgIpc) is 2.64. The van der Waals surface area contributed by atoms with E-state index in [1.807, 2.05) is 0 Å². The average molecular weight is 255 g/mol. The van der Waals surface area contributed by atoms with Crippen molar-refractivity contribution in [2.24, 2.45) is 11.3 Å². The van der Waals surface area contributed by atoms with Gasteiger partial charge in [-0.3, -0.25) is 4.79 Å². The maximum Gasteiger partial charge on any atom is 0.227 e. The first-order valence-electron chi connectivity index (χ1n) is 7.00. The Kier molecular flexibility index (Phi) is 5.60. The molecule has 0 aromatic heterocycles. The summed E-state index contributed by atoms with van der Waals surface area (Å²) in [5, 5.41) is 6.52. The second-order valence-electron chi connectivity index (χ2n) is 6.55. The normalized spacial score (nSPS) is 25.7. The number of nitrogens with one attached hydrogen (secondary N) is 2. The first kappa shape index (κ1) is 15.4. The van der Waals surface area contributed by atoms with Crippen LogP contribution in [0.2, 0.25) is 0 Å². The van der Waals surface area contributed by atoms with E-state index in [4.69, 9.17) is 0 Å². The number of likely N-dealkylation sites (N-methyl/N-ethyl adjacent to an activating group) is 1. The Bertz CT molecular complexity index is 260. The van der Waals surface area contributed by atoms with E-state index in [0.717, 1.165) is 32.5 Å². The van der Waals surface area contributed by atoms with Crippen LogP contribution in [0.15, 0.2) is 0 Å². The van der Waals surface area contributed by atoms with Crippen molar-refractivity contribution in [1.82, 2.24) is 15.5 Å². The van der Waals surface area contributed by atoms with Crippen LogP contribution in [-0.4, -0.2) is 50.6 Å². The quantitative estimate of drug-likeness (QED) is 0.746. The Morgan fingerprint density at radius 1 is 1.44 bits per heavy atom. The molecular formula is C14H29N3O. The third kappa shape index (κ3) is 4.58. The third-order valence-electron chi connectivity index (χ3n) is 3.59. The standard InChI is InChI=1S/C14H29N3O/c1-11(2)8-12(9-17(4)5)16-13(18)14(3)6-7-15-10-14/h11-12,15H,6-10H2,1-5H3,(H,16,18). The van der Waals surface area contributed by atoms with Crippen LogP contribution >= 0.6 is 0 Å². The highest BCUT2D eigenvalue weighted by Crippen LogP contribution is 2.25. The van der Waals surface area contributed by atoms with Gasteiger partial charge < -0.3 is 15.5 Å². The van der Waals surface area contributed by atoms with Gasteiger partial charge in [0.05, 0.1) is 5.41 Å². The van der Waals surface area contributed by atoms with Gasteiger partial charge in [-0.25, -0.2) is 0 Å². The smallest absolute Gasteiger partial charge is 0.227 e. The summed E-state index contributed by atoms with van der Waals surface area (Å²) in [7, 11) is 4.11. The molecule has 1 amide bonds. The van der Waals surface area contributed by atoms with Crippen LogP contribution in [0, 0.1) is 11.3 Å². The molecule has 18 heavy (non-hydrogen) atoms. The molecule has 2 unspecified atom stereocenters. The molecule has 0 aliphatic carbocycles. The highest BCUT2D eigenvalue weighted by Gasteiger charge is 2.37. The van der Waals surface area contributed by atoms with E-state index >= 15 is 0 Å². The van der Waals surface area contributed by atoms with Gasteiger partial charge in [0.2, 0.25) is 5.91 Å². The summed E-state index contributed by atoms with van der Waals surface area (Å²) >= 11 is 0. The van der Waals surface area contributed by atoms with Crippen LogP contribution in [0.5, 0.6) is 0 Å². The second kappa shape index (κ2) is 6.53. The third-order valence-corrected chi connectivity index (χ3v) is 3.59. The van der Waals surface area contributed by atoms with E-state index < -0.39 is 0 Å². The Morgan fingerprint density at radius 2 is 2.11 bits per heavy atom. The van der Waals surface area contributed by atoms with Crippen molar-refractivity contribution in [3.8, 4) is 0 Å². The minimum absolute atomic E-state index is 0.208.